The molecule has 0 aromatic carbocycles. The number of aromatic nitrogens is 1. The van der Waals surface area contributed by atoms with Gasteiger partial charge in [-0.25, -0.2) is 0 Å². The number of hydrogen-bond donors (Lipinski definition) is 1. The molecule has 1 aromatic heterocycles. The summed E-state index contributed by atoms with van der Waals surface area (Å²) in [7, 11) is 0. The first-order valence-electron chi connectivity index (χ1n) is 4.07. The van der Waals surface area contributed by atoms with Crippen molar-refractivity contribution >= 4 is 11.8 Å². The van der Waals surface area contributed by atoms with Gasteiger partial charge in [-0.3, -0.25) is 0 Å². The summed E-state index contributed by atoms with van der Waals surface area (Å²) in [6.45, 7) is 0.688. The first kappa shape index (κ1) is 11.5. The minimum Gasteiger partial charge on any atom is -0.349 e. The molecule has 0 aliphatic carbocycles. The van der Waals surface area contributed by atoms with Crippen LogP contribution in [0.1, 0.15) is 5.69 Å². The van der Waals surface area contributed by atoms with Crippen molar-refractivity contribution < 1.29 is 13.2 Å². The van der Waals surface area contributed by atoms with E-state index < -0.39 is 5.51 Å². The summed E-state index contributed by atoms with van der Waals surface area (Å²) in [6.07, 6.45) is 1.74. The van der Waals surface area contributed by atoms with Crippen LogP contribution in [0, 0.1) is 0 Å². The van der Waals surface area contributed by atoms with Crippen LogP contribution >= 0.6 is 11.8 Å². The number of aryl methyl sites for hydroxylation is 1. The van der Waals surface area contributed by atoms with E-state index in [0.29, 0.717) is 13.1 Å². The molecule has 0 radical (unpaired) electrons. The second kappa shape index (κ2) is 4.75. The van der Waals surface area contributed by atoms with Gasteiger partial charge in [0.05, 0.1) is 0 Å². The fourth-order valence-corrected chi connectivity index (χ4v) is 1.63. The van der Waals surface area contributed by atoms with E-state index in [1.807, 2.05) is 0 Å². The lowest BCUT2D eigenvalue weighted by molar-refractivity contribution is -0.0328. The molecule has 0 atom stereocenters. The first-order valence-corrected chi connectivity index (χ1v) is 5.06. The van der Waals surface area contributed by atoms with E-state index in [1.54, 1.807) is 22.9 Å². The Morgan fingerprint density at radius 2 is 2.14 bits per heavy atom. The summed E-state index contributed by atoms with van der Waals surface area (Å²) in [4.78, 5) is 0. The highest BCUT2D eigenvalue weighted by Crippen LogP contribution is 2.30. The van der Waals surface area contributed by atoms with Gasteiger partial charge in [0, 0.05) is 30.7 Å². The SMILES string of the molecule is NCc1cccn1CCSC(F)(F)F. The fourth-order valence-electron chi connectivity index (χ4n) is 1.11. The minimum absolute atomic E-state index is 0.0107. The van der Waals surface area contributed by atoms with Crippen molar-refractivity contribution in [3.8, 4) is 0 Å². The number of rotatable bonds is 4. The maximum absolute atomic E-state index is 11.8. The molecule has 1 rings (SSSR count). The minimum atomic E-state index is -4.14. The second-order valence-electron chi connectivity index (χ2n) is 2.69. The summed E-state index contributed by atoms with van der Waals surface area (Å²) in [5.41, 5.74) is 2.11. The maximum atomic E-state index is 11.8. The molecule has 2 nitrogen and oxygen atoms in total. The van der Waals surface area contributed by atoms with Crippen molar-refractivity contribution in [1.82, 2.24) is 4.57 Å². The topological polar surface area (TPSA) is 30.9 Å². The average Bonchev–Trinajstić information content (AvgIpc) is 2.49. The molecular weight excluding hydrogens is 213 g/mol. The second-order valence-corrected chi connectivity index (χ2v) is 3.85. The lowest BCUT2D eigenvalue weighted by atomic mass is 10.4. The highest BCUT2D eigenvalue weighted by Gasteiger charge is 2.27. The van der Waals surface area contributed by atoms with E-state index in [0.717, 1.165) is 5.69 Å². The zero-order valence-electron chi connectivity index (χ0n) is 7.42. The largest absolute Gasteiger partial charge is 0.441 e. The lowest BCUT2D eigenvalue weighted by Crippen LogP contribution is -2.10. The molecule has 80 valence electrons. The standard InChI is InChI=1S/C8H11F3N2S/c9-8(10,11)14-5-4-13-3-1-2-7(13)6-12/h1-3H,4-6,12H2. The third-order valence-electron chi connectivity index (χ3n) is 1.73. The monoisotopic (exact) mass is 224 g/mol. The summed E-state index contributed by atoms with van der Waals surface area (Å²) in [6, 6.07) is 3.58. The Kier molecular flexibility index (Phi) is 3.88. The quantitative estimate of drug-likeness (QED) is 0.850. The third-order valence-corrected chi connectivity index (χ3v) is 2.44. The van der Waals surface area contributed by atoms with E-state index in [4.69, 9.17) is 5.73 Å². The van der Waals surface area contributed by atoms with Gasteiger partial charge in [-0.2, -0.15) is 13.2 Å². The molecule has 14 heavy (non-hydrogen) atoms. The lowest BCUT2D eigenvalue weighted by Gasteiger charge is -2.08. The molecule has 1 heterocycles. The van der Waals surface area contributed by atoms with E-state index >= 15 is 0 Å². The van der Waals surface area contributed by atoms with E-state index in [1.165, 1.54) is 0 Å². The summed E-state index contributed by atoms with van der Waals surface area (Å²) >= 11 is -0.0107. The van der Waals surface area contributed by atoms with Crippen molar-refractivity contribution in [3.63, 3.8) is 0 Å². The number of nitrogens with zero attached hydrogens (tertiary/aromatic N) is 1. The van der Waals surface area contributed by atoms with Gasteiger partial charge in [0.2, 0.25) is 0 Å². The molecule has 0 bridgehead atoms. The Morgan fingerprint density at radius 1 is 1.43 bits per heavy atom. The molecule has 0 spiro atoms. The van der Waals surface area contributed by atoms with Crippen LogP contribution in [0.4, 0.5) is 13.2 Å². The summed E-state index contributed by atoms with van der Waals surface area (Å²) < 4.78 is 37.1. The van der Waals surface area contributed by atoms with Crippen LogP contribution in [-0.2, 0) is 13.1 Å². The number of halogens is 3. The van der Waals surface area contributed by atoms with Crippen LogP contribution in [0.5, 0.6) is 0 Å². The van der Waals surface area contributed by atoms with Crippen LogP contribution in [0.2, 0.25) is 0 Å². The van der Waals surface area contributed by atoms with Gasteiger partial charge in [-0.05, 0) is 23.9 Å². The number of nitrogens with two attached hydrogens (primary N) is 1. The van der Waals surface area contributed by atoms with Crippen molar-refractivity contribution in [3.05, 3.63) is 24.0 Å². The van der Waals surface area contributed by atoms with Gasteiger partial charge in [-0.15, -0.1) is 0 Å². The van der Waals surface area contributed by atoms with Crippen LogP contribution in [0.25, 0.3) is 0 Å². The molecular formula is C8H11F3N2S. The third kappa shape index (κ3) is 3.63. The Balaban J connectivity index is 2.38. The Bertz CT molecular complexity index is 282. The number of hydrogen-bond acceptors (Lipinski definition) is 2. The summed E-state index contributed by atoms with van der Waals surface area (Å²) in [5.74, 6) is 0.0190. The van der Waals surface area contributed by atoms with Crippen LogP contribution in [-0.4, -0.2) is 15.8 Å². The highest BCUT2D eigenvalue weighted by atomic mass is 32.2. The summed E-state index contributed by atoms with van der Waals surface area (Å²) in [5, 5.41) is 0. The molecule has 0 aliphatic heterocycles. The Hall–Kier alpha value is -0.620. The molecule has 2 N–H and O–H groups in total. The first-order chi connectivity index (χ1) is 6.53. The van der Waals surface area contributed by atoms with E-state index in [9.17, 15) is 13.2 Å². The normalized spacial score (nSPS) is 12.0. The van der Waals surface area contributed by atoms with Gasteiger partial charge in [0.15, 0.2) is 0 Å². The fraction of sp³-hybridized carbons (Fsp3) is 0.500. The van der Waals surface area contributed by atoms with Crippen molar-refractivity contribution in [2.24, 2.45) is 5.73 Å². The van der Waals surface area contributed by atoms with Crippen molar-refractivity contribution in [2.75, 3.05) is 5.75 Å². The van der Waals surface area contributed by atoms with E-state index in [-0.39, 0.29) is 17.5 Å². The molecule has 0 saturated heterocycles. The number of thioether (sulfide) groups is 1. The molecule has 1 aromatic rings. The smallest absolute Gasteiger partial charge is 0.349 e. The van der Waals surface area contributed by atoms with Crippen LogP contribution in [0.3, 0.4) is 0 Å². The molecule has 0 amide bonds. The average molecular weight is 224 g/mol. The van der Waals surface area contributed by atoms with Gasteiger partial charge >= 0.3 is 5.51 Å². The van der Waals surface area contributed by atoms with Crippen LogP contribution < -0.4 is 5.73 Å². The van der Waals surface area contributed by atoms with E-state index in [2.05, 4.69) is 0 Å². The zero-order chi connectivity index (χ0) is 10.6. The van der Waals surface area contributed by atoms with Gasteiger partial charge in [-0.1, -0.05) is 0 Å². The van der Waals surface area contributed by atoms with Crippen molar-refractivity contribution in [2.45, 2.75) is 18.6 Å². The van der Waals surface area contributed by atoms with Gasteiger partial charge < -0.3 is 10.3 Å². The molecule has 0 saturated carbocycles. The van der Waals surface area contributed by atoms with Crippen LogP contribution in [0.15, 0.2) is 18.3 Å². The molecule has 0 unspecified atom stereocenters. The highest BCUT2D eigenvalue weighted by molar-refractivity contribution is 8.00. The number of alkyl halides is 3. The molecule has 0 fully saturated rings. The maximum Gasteiger partial charge on any atom is 0.441 e. The molecule has 0 aliphatic rings. The van der Waals surface area contributed by atoms with Gasteiger partial charge in [0.1, 0.15) is 0 Å². The predicted molar refractivity (Wildman–Crippen MR) is 50.8 cm³/mol. The zero-order valence-corrected chi connectivity index (χ0v) is 8.24. The predicted octanol–water partition coefficient (Wildman–Crippen LogP) is 2.20. The van der Waals surface area contributed by atoms with Crippen molar-refractivity contribution in [1.29, 1.82) is 0 Å². The molecule has 6 heteroatoms. The Labute approximate surface area is 84.3 Å². The van der Waals surface area contributed by atoms with Gasteiger partial charge in [0.25, 0.3) is 0 Å². The Morgan fingerprint density at radius 3 is 2.71 bits per heavy atom.